The number of hydrogen-bond donors (Lipinski definition) is 2. The van der Waals surface area contributed by atoms with Crippen molar-refractivity contribution in [3.8, 4) is 16.9 Å². The van der Waals surface area contributed by atoms with E-state index in [1.807, 2.05) is 42.5 Å². The fraction of sp³-hybridized carbons (Fsp3) is 0.200. The molecule has 1 N–H and O–H groups in total. The van der Waals surface area contributed by atoms with Crippen molar-refractivity contribution in [1.82, 2.24) is 0 Å². The summed E-state index contributed by atoms with van der Waals surface area (Å²) in [5.74, 6) is 0.366. The summed E-state index contributed by atoms with van der Waals surface area (Å²) in [6.45, 7) is 2.11. The fourth-order valence-corrected chi connectivity index (χ4v) is 2.29. The van der Waals surface area contributed by atoms with Crippen LogP contribution >= 0.6 is 12.6 Å². The van der Waals surface area contributed by atoms with Crippen LogP contribution in [-0.2, 0) is 6.42 Å². The normalized spacial score (nSPS) is 10.5. The van der Waals surface area contributed by atoms with Crippen LogP contribution in [0, 0.1) is 0 Å². The fourth-order valence-electron chi connectivity index (χ4n) is 1.98. The SMILES string of the molecule is CCCc1ccc(S)c(-c2ccccc2)c1O. The molecule has 0 bridgehead atoms. The van der Waals surface area contributed by atoms with Crippen molar-refractivity contribution in [1.29, 1.82) is 0 Å². The number of aromatic hydroxyl groups is 1. The minimum absolute atomic E-state index is 0.366. The van der Waals surface area contributed by atoms with Gasteiger partial charge in [0.25, 0.3) is 0 Å². The lowest BCUT2D eigenvalue weighted by Crippen LogP contribution is -1.89. The second-order valence-corrected chi connectivity index (χ2v) is 4.57. The zero-order valence-corrected chi connectivity index (χ0v) is 10.7. The largest absolute Gasteiger partial charge is 0.507 e. The van der Waals surface area contributed by atoms with Crippen molar-refractivity contribution < 1.29 is 5.11 Å². The van der Waals surface area contributed by atoms with Crippen LogP contribution in [-0.4, -0.2) is 5.11 Å². The molecule has 0 aliphatic heterocycles. The third-order valence-corrected chi connectivity index (χ3v) is 3.19. The minimum atomic E-state index is 0.366. The Bertz CT molecular complexity index is 506. The van der Waals surface area contributed by atoms with Gasteiger partial charge in [-0.1, -0.05) is 49.7 Å². The summed E-state index contributed by atoms with van der Waals surface area (Å²) in [5, 5.41) is 10.3. The van der Waals surface area contributed by atoms with Gasteiger partial charge in [0.05, 0.1) is 0 Å². The first-order chi connectivity index (χ1) is 8.24. The van der Waals surface area contributed by atoms with E-state index in [0.29, 0.717) is 5.75 Å². The van der Waals surface area contributed by atoms with E-state index < -0.39 is 0 Å². The number of hydrogen-bond acceptors (Lipinski definition) is 2. The number of rotatable bonds is 3. The Balaban J connectivity index is 2.56. The Morgan fingerprint density at radius 1 is 1.06 bits per heavy atom. The summed E-state index contributed by atoms with van der Waals surface area (Å²) in [6.07, 6.45) is 1.91. The molecule has 0 aliphatic rings. The van der Waals surface area contributed by atoms with E-state index in [1.165, 1.54) is 0 Å². The standard InChI is InChI=1S/C15H16OS/c1-2-6-12-9-10-13(17)14(15(12)16)11-7-4-3-5-8-11/h3-5,7-10,16-17H,2,6H2,1H3. The van der Waals surface area contributed by atoms with Gasteiger partial charge in [-0.25, -0.2) is 0 Å². The van der Waals surface area contributed by atoms with Crippen LogP contribution in [0.2, 0.25) is 0 Å². The van der Waals surface area contributed by atoms with E-state index in [9.17, 15) is 5.11 Å². The second-order valence-electron chi connectivity index (χ2n) is 4.08. The summed E-state index contributed by atoms with van der Waals surface area (Å²) in [7, 11) is 0. The van der Waals surface area contributed by atoms with E-state index in [2.05, 4.69) is 19.6 Å². The lowest BCUT2D eigenvalue weighted by Gasteiger charge is -2.12. The molecule has 2 aromatic rings. The minimum Gasteiger partial charge on any atom is -0.507 e. The summed E-state index contributed by atoms with van der Waals surface area (Å²) in [4.78, 5) is 0.813. The molecule has 0 radical (unpaired) electrons. The molecule has 0 saturated heterocycles. The summed E-state index contributed by atoms with van der Waals surface area (Å²) in [5.41, 5.74) is 2.83. The van der Waals surface area contributed by atoms with Gasteiger partial charge in [0.1, 0.15) is 5.75 Å². The number of phenols is 1. The Labute approximate surface area is 108 Å². The second kappa shape index (κ2) is 5.28. The van der Waals surface area contributed by atoms with Gasteiger partial charge in [0, 0.05) is 10.5 Å². The molecule has 2 aromatic carbocycles. The first kappa shape index (κ1) is 12.1. The van der Waals surface area contributed by atoms with Gasteiger partial charge >= 0.3 is 0 Å². The Morgan fingerprint density at radius 3 is 2.41 bits per heavy atom. The van der Waals surface area contributed by atoms with Gasteiger partial charge in [0.2, 0.25) is 0 Å². The lowest BCUT2D eigenvalue weighted by atomic mass is 9.99. The highest BCUT2D eigenvalue weighted by Gasteiger charge is 2.11. The van der Waals surface area contributed by atoms with Gasteiger partial charge in [-0.15, -0.1) is 12.6 Å². The average molecular weight is 244 g/mol. The van der Waals surface area contributed by atoms with Crippen LogP contribution < -0.4 is 0 Å². The van der Waals surface area contributed by atoms with Gasteiger partial charge < -0.3 is 5.11 Å². The van der Waals surface area contributed by atoms with Crippen molar-refractivity contribution in [2.24, 2.45) is 0 Å². The van der Waals surface area contributed by atoms with E-state index in [1.54, 1.807) is 0 Å². The van der Waals surface area contributed by atoms with Crippen LogP contribution in [0.15, 0.2) is 47.4 Å². The van der Waals surface area contributed by atoms with Crippen molar-refractivity contribution in [3.05, 3.63) is 48.0 Å². The maximum atomic E-state index is 10.3. The van der Waals surface area contributed by atoms with Crippen molar-refractivity contribution in [2.75, 3.05) is 0 Å². The van der Waals surface area contributed by atoms with Crippen LogP contribution in [0.3, 0.4) is 0 Å². The average Bonchev–Trinajstić information content (AvgIpc) is 2.35. The third kappa shape index (κ3) is 2.47. The van der Waals surface area contributed by atoms with Gasteiger partial charge in [-0.2, -0.15) is 0 Å². The topological polar surface area (TPSA) is 20.2 Å². The molecule has 0 aromatic heterocycles. The summed E-state index contributed by atoms with van der Waals surface area (Å²) in [6, 6.07) is 13.8. The number of benzene rings is 2. The van der Waals surface area contributed by atoms with Gasteiger partial charge in [0.15, 0.2) is 0 Å². The van der Waals surface area contributed by atoms with Gasteiger partial charge in [-0.3, -0.25) is 0 Å². The zero-order valence-electron chi connectivity index (χ0n) is 9.85. The van der Waals surface area contributed by atoms with Crippen LogP contribution in [0.5, 0.6) is 5.75 Å². The molecule has 0 atom stereocenters. The van der Waals surface area contributed by atoms with Crippen molar-refractivity contribution in [3.63, 3.8) is 0 Å². The van der Waals surface area contributed by atoms with Crippen LogP contribution in [0.4, 0.5) is 0 Å². The molecule has 0 aliphatic carbocycles. The highest BCUT2D eigenvalue weighted by atomic mass is 32.1. The first-order valence-corrected chi connectivity index (χ1v) is 6.28. The third-order valence-electron chi connectivity index (χ3n) is 2.82. The molecule has 0 spiro atoms. The molecule has 1 nitrogen and oxygen atoms in total. The monoisotopic (exact) mass is 244 g/mol. The first-order valence-electron chi connectivity index (χ1n) is 5.83. The number of aryl methyl sites for hydroxylation is 1. The van der Waals surface area contributed by atoms with E-state index in [4.69, 9.17) is 0 Å². The maximum Gasteiger partial charge on any atom is 0.127 e. The number of phenolic OH excluding ortho intramolecular Hbond substituents is 1. The summed E-state index contributed by atoms with van der Waals surface area (Å²) < 4.78 is 0. The Kier molecular flexibility index (Phi) is 3.75. The molecule has 17 heavy (non-hydrogen) atoms. The molecule has 0 fully saturated rings. The molecular weight excluding hydrogens is 228 g/mol. The predicted octanol–water partition coefficient (Wildman–Crippen LogP) is 4.30. The Morgan fingerprint density at radius 2 is 1.76 bits per heavy atom. The maximum absolute atomic E-state index is 10.3. The molecule has 2 heteroatoms. The Hall–Kier alpha value is -1.41. The molecule has 0 heterocycles. The predicted molar refractivity (Wildman–Crippen MR) is 74.8 cm³/mol. The molecular formula is C15H16OS. The van der Waals surface area contributed by atoms with Crippen molar-refractivity contribution >= 4 is 12.6 Å². The molecule has 0 unspecified atom stereocenters. The molecule has 2 rings (SSSR count). The number of thiol groups is 1. The summed E-state index contributed by atoms with van der Waals surface area (Å²) >= 11 is 4.43. The van der Waals surface area contributed by atoms with E-state index >= 15 is 0 Å². The smallest absolute Gasteiger partial charge is 0.127 e. The van der Waals surface area contributed by atoms with E-state index in [-0.39, 0.29) is 0 Å². The lowest BCUT2D eigenvalue weighted by molar-refractivity contribution is 0.468. The van der Waals surface area contributed by atoms with Crippen molar-refractivity contribution in [2.45, 2.75) is 24.7 Å². The van der Waals surface area contributed by atoms with Crippen LogP contribution in [0.25, 0.3) is 11.1 Å². The van der Waals surface area contributed by atoms with Gasteiger partial charge in [-0.05, 0) is 23.6 Å². The highest BCUT2D eigenvalue weighted by molar-refractivity contribution is 7.80. The zero-order chi connectivity index (χ0) is 12.3. The molecule has 0 saturated carbocycles. The highest BCUT2D eigenvalue weighted by Crippen LogP contribution is 2.37. The quantitative estimate of drug-likeness (QED) is 0.771. The molecule has 88 valence electrons. The molecule has 0 amide bonds. The van der Waals surface area contributed by atoms with Crippen LogP contribution in [0.1, 0.15) is 18.9 Å². The van der Waals surface area contributed by atoms with E-state index in [0.717, 1.165) is 34.4 Å².